The molecule has 0 radical (unpaired) electrons. The minimum Gasteiger partial charge on any atom is -0.378 e. The number of morpholine rings is 1. The van der Waals surface area contributed by atoms with Crippen LogP contribution >= 0.6 is 11.6 Å². The molecule has 1 aromatic heterocycles. The van der Waals surface area contributed by atoms with Crippen molar-refractivity contribution in [1.29, 1.82) is 0 Å². The molecule has 26 heavy (non-hydrogen) atoms. The maximum absolute atomic E-state index is 12.1. The molecule has 1 saturated heterocycles. The fourth-order valence-electron chi connectivity index (χ4n) is 3.45. The molecule has 6 nitrogen and oxygen atoms in total. The van der Waals surface area contributed by atoms with Crippen molar-refractivity contribution in [3.8, 4) is 11.4 Å². The summed E-state index contributed by atoms with van der Waals surface area (Å²) in [4.78, 5) is 25.8. The summed E-state index contributed by atoms with van der Waals surface area (Å²) in [6, 6.07) is 10.0. The fraction of sp³-hybridized carbons (Fsp3) is 0.421. The third-order valence-electron chi connectivity index (χ3n) is 4.85. The molecule has 7 heteroatoms. The predicted molar refractivity (Wildman–Crippen MR) is 100 cm³/mol. The van der Waals surface area contributed by atoms with E-state index in [1.807, 2.05) is 30.3 Å². The monoisotopic (exact) mass is 372 g/mol. The van der Waals surface area contributed by atoms with E-state index < -0.39 is 0 Å². The van der Waals surface area contributed by atoms with Gasteiger partial charge >= 0.3 is 0 Å². The van der Waals surface area contributed by atoms with Crippen LogP contribution in [-0.4, -0.2) is 59.5 Å². The van der Waals surface area contributed by atoms with Crippen LogP contribution in [0.5, 0.6) is 0 Å². The van der Waals surface area contributed by atoms with Gasteiger partial charge in [-0.15, -0.1) is 11.6 Å². The number of alkyl halides is 1. The molecule has 0 N–H and O–H groups in total. The first-order valence-corrected chi connectivity index (χ1v) is 9.41. The van der Waals surface area contributed by atoms with Gasteiger partial charge in [0.15, 0.2) is 5.82 Å². The Morgan fingerprint density at radius 3 is 2.62 bits per heavy atom. The molecule has 4 rings (SSSR count). The zero-order valence-electron chi connectivity index (χ0n) is 14.5. The Kier molecular flexibility index (Phi) is 5.04. The molecular formula is C19H21ClN4O2. The van der Waals surface area contributed by atoms with Crippen molar-refractivity contribution in [1.82, 2.24) is 14.9 Å². The Bertz CT molecular complexity index is 794. The van der Waals surface area contributed by atoms with E-state index in [0.717, 1.165) is 48.0 Å². The summed E-state index contributed by atoms with van der Waals surface area (Å²) in [5.74, 6) is 1.62. The van der Waals surface area contributed by atoms with Gasteiger partial charge in [-0.2, -0.15) is 0 Å². The second-order valence-electron chi connectivity index (χ2n) is 6.46. The number of nitrogens with zero attached hydrogens (tertiary/aromatic N) is 4. The molecule has 0 aliphatic carbocycles. The van der Waals surface area contributed by atoms with Crippen molar-refractivity contribution >= 4 is 23.3 Å². The van der Waals surface area contributed by atoms with E-state index in [-0.39, 0.29) is 11.8 Å². The van der Waals surface area contributed by atoms with Crippen molar-refractivity contribution in [2.75, 3.05) is 43.6 Å². The van der Waals surface area contributed by atoms with Crippen LogP contribution in [0.1, 0.15) is 11.3 Å². The molecule has 1 fully saturated rings. The zero-order chi connectivity index (χ0) is 17.9. The SMILES string of the molecule is O=C(CCl)N1CCc2nc(-c3ccccc3)nc(N3CCOCC3)c2C1. The fourth-order valence-corrected chi connectivity index (χ4v) is 3.62. The minimum absolute atomic E-state index is 0.00514. The molecule has 0 bridgehead atoms. The molecule has 3 heterocycles. The summed E-state index contributed by atoms with van der Waals surface area (Å²) in [5, 5.41) is 0. The molecule has 0 atom stereocenters. The van der Waals surface area contributed by atoms with Crippen LogP contribution in [0.2, 0.25) is 0 Å². The van der Waals surface area contributed by atoms with E-state index in [2.05, 4.69) is 4.90 Å². The molecule has 1 aromatic carbocycles. The average molecular weight is 373 g/mol. The van der Waals surface area contributed by atoms with Gasteiger partial charge in [-0.1, -0.05) is 30.3 Å². The smallest absolute Gasteiger partial charge is 0.237 e. The number of carbonyl (C=O) groups excluding carboxylic acids is 1. The Hall–Kier alpha value is -2.18. The first kappa shape index (κ1) is 17.2. The standard InChI is InChI=1S/C19H21ClN4O2/c20-12-17(25)24-7-6-16-15(13-24)19(23-8-10-26-11-9-23)22-18(21-16)14-4-2-1-3-5-14/h1-5H,6-13H2. The van der Waals surface area contributed by atoms with Gasteiger partial charge in [0.2, 0.25) is 5.91 Å². The van der Waals surface area contributed by atoms with Crippen molar-refractivity contribution < 1.29 is 9.53 Å². The quantitative estimate of drug-likeness (QED) is 0.772. The first-order valence-electron chi connectivity index (χ1n) is 8.88. The highest BCUT2D eigenvalue weighted by Gasteiger charge is 2.28. The number of ether oxygens (including phenoxy) is 1. The number of hydrogen-bond donors (Lipinski definition) is 0. The normalized spacial score (nSPS) is 17.1. The van der Waals surface area contributed by atoms with E-state index in [1.54, 1.807) is 4.90 Å². The largest absolute Gasteiger partial charge is 0.378 e. The molecule has 0 spiro atoms. The maximum Gasteiger partial charge on any atom is 0.237 e. The van der Waals surface area contributed by atoms with Crippen molar-refractivity contribution in [2.45, 2.75) is 13.0 Å². The highest BCUT2D eigenvalue weighted by molar-refractivity contribution is 6.27. The number of aromatic nitrogens is 2. The number of halogens is 1. The molecule has 0 unspecified atom stereocenters. The average Bonchev–Trinajstić information content (AvgIpc) is 2.73. The Morgan fingerprint density at radius 2 is 1.88 bits per heavy atom. The lowest BCUT2D eigenvalue weighted by atomic mass is 10.0. The molecule has 136 valence electrons. The maximum atomic E-state index is 12.1. The number of amides is 1. The van der Waals surface area contributed by atoms with Gasteiger partial charge in [0.25, 0.3) is 0 Å². The molecule has 2 aliphatic heterocycles. The summed E-state index contributed by atoms with van der Waals surface area (Å²) in [6.45, 7) is 4.12. The van der Waals surface area contributed by atoms with E-state index in [9.17, 15) is 4.79 Å². The van der Waals surface area contributed by atoms with E-state index in [1.165, 1.54) is 0 Å². The second-order valence-corrected chi connectivity index (χ2v) is 6.73. The first-order chi connectivity index (χ1) is 12.8. The Balaban J connectivity index is 1.77. The zero-order valence-corrected chi connectivity index (χ0v) is 15.3. The van der Waals surface area contributed by atoms with Crippen LogP contribution in [-0.2, 0) is 22.5 Å². The Labute approximate surface area is 157 Å². The van der Waals surface area contributed by atoms with Crippen LogP contribution in [0.4, 0.5) is 5.82 Å². The molecule has 2 aliphatic rings. The summed E-state index contributed by atoms with van der Waals surface area (Å²) in [5.41, 5.74) is 3.07. The van der Waals surface area contributed by atoms with Crippen LogP contribution in [0.15, 0.2) is 30.3 Å². The number of benzene rings is 1. The molecule has 1 amide bonds. The van der Waals surface area contributed by atoms with E-state index in [4.69, 9.17) is 26.3 Å². The van der Waals surface area contributed by atoms with Gasteiger partial charge in [-0.05, 0) is 0 Å². The van der Waals surface area contributed by atoms with Gasteiger partial charge < -0.3 is 14.5 Å². The highest BCUT2D eigenvalue weighted by Crippen LogP contribution is 2.30. The Morgan fingerprint density at radius 1 is 1.12 bits per heavy atom. The van der Waals surface area contributed by atoms with Crippen molar-refractivity contribution in [3.63, 3.8) is 0 Å². The lowest BCUT2D eigenvalue weighted by Crippen LogP contribution is -2.41. The van der Waals surface area contributed by atoms with E-state index >= 15 is 0 Å². The van der Waals surface area contributed by atoms with Crippen molar-refractivity contribution in [2.24, 2.45) is 0 Å². The molecule has 0 saturated carbocycles. The van der Waals surface area contributed by atoms with Gasteiger partial charge in [0.1, 0.15) is 11.7 Å². The number of anilines is 1. The van der Waals surface area contributed by atoms with Crippen molar-refractivity contribution in [3.05, 3.63) is 41.6 Å². The lowest BCUT2D eigenvalue weighted by molar-refractivity contribution is -0.129. The van der Waals surface area contributed by atoms with Crippen LogP contribution < -0.4 is 4.90 Å². The van der Waals surface area contributed by atoms with Crippen LogP contribution in [0.3, 0.4) is 0 Å². The lowest BCUT2D eigenvalue weighted by Gasteiger charge is -2.34. The third-order valence-corrected chi connectivity index (χ3v) is 5.08. The van der Waals surface area contributed by atoms with Crippen LogP contribution in [0, 0.1) is 0 Å². The van der Waals surface area contributed by atoms with E-state index in [0.29, 0.717) is 26.3 Å². The van der Waals surface area contributed by atoms with Gasteiger partial charge in [0, 0.05) is 37.2 Å². The summed E-state index contributed by atoms with van der Waals surface area (Å²) in [7, 11) is 0. The van der Waals surface area contributed by atoms with Gasteiger partial charge in [-0.3, -0.25) is 4.79 Å². The predicted octanol–water partition coefficient (Wildman–Crippen LogP) is 2.10. The second kappa shape index (κ2) is 7.60. The summed E-state index contributed by atoms with van der Waals surface area (Å²) < 4.78 is 5.49. The number of fused-ring (bicyclic) bond motifs is 1. The van der Waals surface area contributed by atoms with Gasteiger partial charge in [-0.25, -0.2) is 9.97 Å². The number of rotatable bonds is 3. The van der Waals surface area contributed by atoms with Crippen LogP contribution in [0.25, 0.3) is 11.4 Å². The number of carbonyl (C=O) groups is 1. The topological polar surface area (TPSA) is 58.6 Å². The minimum atomic E-state index is -0.0441. The molecule has 2 aromatic rings. The number of hydrogen-bond acceptors (Lipinski definition) is 5. The summed E-state index contributed by atoms with van der Waals surface area (Å²) in [6.07, 6.45) is 0.720. The highest BCUT2D eigenvalue weighted by atomic mass is 35.5. The third kappa shape index (κ3) is 3.39. The molecular weight excluding hydrogens is 352 g/mol. The summed E-state index contributed by atoms with van der Waals surface area (Å²) >= 11 is 5.76. The van der Waals surface area contributed by atoms with Gasteiger partial charge in [0.05, 0.1) is 25.5 Å².